The SMILES string of the molecule is COC(=O)[C@@]12C[C@@H]1/C=C/CCCCCCC(=O)N1C[C@H](Oc3ccnc4ccccc34)C[C@H]1C(=O)N2. The third-order valence-corrected chi connectivity index (χ3v) is 7.58. The maximum Gasteiger partial charge on any atom is 0.332 e. The van der Waals surface area contributed by atoms with Crippen LogP contribution in [0.25, 0.3) is 10.9 Å². The van der Waals surface area contributed by atoms with Crippen LogP contribution >= 0.6 is 0 Å². The van der Waals surface area contributed by atoms with E-state index in [2.05, 4.69) is 16.4 Å². The van der Waals surface area contributed by atoms with E-state index in [1.54, 1.807) is 11.1 Å². The first-order chi connectivity index (χ1) is 17.5. The van der Waals surface area contributed by atoms with Crippen molar-refractivity contribution in [1.29, 1.82) is 0 Å². The molecule has 3 heterocycles. The lowest BCUT2D eigenvalue weighted by atomic mass is 10.1. The van der Waals surface area contributed by atoms with E-state index in [4.69, 9.17) is 9.47 Å². The number of hydrogen-bond donors (Lipinski definition) is 1. The minimum atomic E-state index is -1.06. The van der Waals surface area contributed by atoms with E-state index in [9.17, 15) is 14.4 Å². The third kappa shape index (κ3) is 4.81. The smallest absolute Gasteiger partial charge is 0.332 e. The van der Waals surface area contributed by atoms with E-state index in [-0.39, 0.29) is 23.8 Å². The van der Waals surface area contributed by atoms with E-state index in [0.29, 0.717) is 31.6 Å². The number of aromatic nitrogens is 1. The van der Waals surface area contributed by atoms with Crippen molar-refractivity contribution in [2.75, 3.05) is 13.7 Å². The average Bonchev–Trinajstić information content (AvgIpc) is 3.41. The van der Waals surface area contributed by atoms with E-state index in [0.717, 1.165) is 43.0 Å². The number of carbonyl (C=O) groups is 3. The van der Waals surface area contributed by atoms with Gasteiger partial charge in [0.2, 0.25) is 11.8 Å². The number of pyridine rings is 1. The van der Waals surface area contributed by atoms with Crippen molar-refractivity contribution in [3.8, 4) is 5.75 Å². The maximum absolute atomic E-state index is 13.5. The van der Waals surface area contributed by atoms with Crippen LogP contribution in [0.3, 0.4) is 0 Å². The van der Waals surface area contributed by atoms with Crippen LogP contribution < -0.4 is 10.1 Å². The minimum Gasteiger partial charge on any atom is -0.488 e. The monoisotopic (exact) mass is 491 g/mol. The van der Waals surface area contributed by atoms with Crippen LogP contribution in [0.4, 0.5) is 0 Å². The second-order valence-electron chi connectivity index (χ2n) is 10.0. The van der Waals surface area contributed by atoms with Gasteiger partial charge in [0.1, 0.15) is 23.4 Å². The Balaban J connectivity index is 1.39. The lowest BCUT2D eigenvalue weighted by Gasteiger charge is -2.26. The Morgan fingerprint density at radius 3 is 2.83 bits per heavy atom. The lowest BCUT2D eigenvalue weighted by Crippen LogP contribution is -2.53. The first-order valence-corrected chi connectivity index (χ1v) is 12.9. The Morgan fingerprint density at radius 2 is 1.97 bits per heavy atom. The molecule has 1 saturated carbocycles. The summed E-state index contributed by atoms with van der Waals surface area (Å²) < 4.78 is 11.4. The van der Waals surface area contributed by atoms with Crippen molar-refractivity contribution < 1.29 is 23.9 Å². The molecule has 5 rings (SSSR count). The van der Waals surface area contributed by atoms with Crippen LogP contribution in [-0.4, -0.2) is 59.0 Å². The number of nitrogens with one attached hydrogen (secondary N) is 1. The summed E-state index contributed by atoms with van der Waals surface area (Å²) in [4.78, 5) is 45.5. The topological polar surface area (TPSA) is 97.8 Å². The van der Waals surface area contributed by atoms with Gasteiger partial charge in [-0.05, 0) is 43.9 Å². The fraction of sp³-hybridized carbons (Fsp3) is 0.500. The molecule has 0 radical (unpaired) electrons. The molecule has 0 unspecified atom stereocenters. The molecule has 4 atom stereocenters. The predicted octanol–water partition coefficient (Wildman–Crippen LogP) is 3.54. The predicted molar refractivity (Wildman–Crippen MR) is 134 cm³/mol. The van der Waals surface area contributed by atoms with Gasteiger partial charge in [0, 0.05) is 30.3 Å². The normalized spacial score (nSPS) is 29.8. The number of nitrogens with zero attached hydrogens (tertiary/aromatic N) is 2. The lowest BCUT2D eigenvalue weighted by molar-refractivity contribution is -0.148. The van der Waals surface area contributed by atoms with Crippen LogP contribution in [0.5, 0.6) is 5.75 Å². The first kappa shape index (κ1) is 24.3. The number of esters is 1. The van der Waals surface area contributed by atoms with Gasteiger partial charge in [-0.2, -0.15) is 0 Å². The summed E-state index contributed by atoms with van der Waals surface area (Å²) in [6.45, 7) is 0.322. The molecule has 2 amide bonds. The van der Waals surface area contributed by atoms with Gasteiger partial charge in [-0.1, -0.05) is 37.1 Å². The summed E-state index contributed by atoms with van der Waals surface area (Å²) in [5.74, 6) is -0.236. The standard InChI is InChI=1S/C28H33N3O5/c1-35-27(34)28-17-19(28)10-6-4-2-3-5-7-13-25(32)31-18-20(16-23(31)26(33)30-28)36-24-14-15-29-22-12-9-8-11-21(22)24/h6,8-12,14-15,19-20,23H,2-5,7,13,16-18H2,1H3,(H,30,33)/b10-6+/t19-,20+,23-,28+/m0/s1. The molecule has 1 aromatic heterocycles. The Hall–Kier alpha value is -3.42. The number of amides is 2. The fourth-order valence-corrected chi connectivity index (χ4v) is 5.49. The highest BCUT2D eigenvalue weighted by atomic mass is 16.5. The maximum atomic E-state index is 13.5. The highest BCUT2D eigenvalue weighted by Crippen LogP contribution is 2.46. The number of ether oxygens (including phenoxy) is 2. The number of rotatable bonds is 3. The molecule has 1 saturated heterocycles. The van der Waals surface area contributed by atoms with Crippen molar-refractivity contribution in [3.63, 3.8) is 0 Å². The summed E-state index contributed by atoms with van der Waals surface area (Å²) in [7, 11) is 1.34. The molecule has 2 aliphatic heterocycles. The second kappa shape index (κ2) is 10.3. The molecule has 2 aromatic rings. The minimum absolute atomic E-state index is 0.0479. The molecule has 190 valence electrons. The summed E-state index contributed by atoms with van der Waals surface area (Å²) in [6, 6.07) is 8.83. The Labute approximate surface area is 211 Å². The van der Waals surface area contributed by atoms with Gasteiger partial charge in [0.15, 0.2) is 0 Å². The Bertz CT molecular complexity index is 1180. The molecule has 0 bridgehead atoms. The molecule has 1 aliphatic carbocycles. The molecule has 36 heavy (non-hydrogen) atoms. The van der Waals surface area contributed by atoms with Gasteiger partial charge in [-0.15, -0.1) is 0 Å². The van der Waals surface area contributed by atoms with Gasteiger partial charge in [0.25, 0.3) is 0 Å². The Morgan fingerprint density at radius 1 is 1.14 bits per heavy atom. The zero-order valence-electron chi connectivity index (χ0n) is 20.7. The van der Waals surface area contributed by atoms with Crippen molar-refractivity contribution >= 4 is 28.7 Å². The van der Waals surface area contributed by atoms with E-state index >= 15 is 0 Å². The molecule has 3 aliphatic rings. The van der Waals surface area contributed by atoms with Crippen molar-refractivity contribution in [2.24, 2.45) is 5.92 Å². The summed E-state index contributed by atoms with van der Waals surface area (Å²) in [6.07, 6.45) is 11.5. The van der Waals surface area contributed by atoms with Crippen LogP contribution in [-0.2, 0) is 19.1 Å². The van der Waals surface area contributed by atoms with Crippen LogP contribution in [0.2, 0.25) is 0 Å². The molecule has 8 nitrogen and oxygen atoms in total. The number of fused-ring (bicyclic) bond motifs is 3. The zero-order valence-corrected chi connectivity index (χ0v) is 20.7. The molecule has 1 N–H and O–H groups in total. The second-order valence-corrected chi connectivity index (χ2v) is 10.0. The van der Waals surface area contributed by atoms with Crippen molar-refractivity contribution in [2.45, 2.75) is 69.1 Å². The van der Waals surface area contributed by atoms with Crippen molar-refractivity contribution in [1.82, 2.24) is 15.2 Å². The zero-order chi connectivity index (χ0) is 25.1. The van der Waals surface area contributed by atoms with Gasteiger partial charge in [-0.25, -0.2) is 4.79 Å². The third-order valence-electron chi connectivity index (χ3n) is 7.58. The average molecular weight is 492 g/mol. The summed E-state index contributed by atoms with van der Waals surface area (Å²) in [5.41, 5.74) is -0.234. The largest absolute Gasteiger partial charge is 0.488 e. The van der Waals surface area contributed by atoms with E-state index < -0.39 is 17.6 Å². The summed E-state index contributed by atoms with van der Waals surface area (Å²) >= 11 is 0. The fourth-order valence-electron chi connectivity index (χ4n) is 5.49. The molecule has 2 fully saturated rings. The van der Waals surface area contributed by atoms with Gasteiger partial charge < -0.3 is 19.7 Å². The molecule has 1 aromatic carbocycles. The number of carbonyl (C=O) groups excluding carboxylic acids is 3. The van der Waals surface area contributed by atoms with E-state index in [1.807, 2.05) is 36.4 Å². The molecule has 8 heteroatoms. The number of methoxy groups -OCH3 is 1. The highest BCUT2D eigenvalue weighted by Gasteiger charge is 2.62. The van der Waals surface area contributed by atoms with Gasteiger partial charge in [0.05, 0.1) is 19.2 Å². The van der Waals surface area contributed by atoms with Crippen LogP contribution in [0.15, 0.2) is 48.7 Å². The number of allylic oxidation sites excluding steroid dienone is 1. The van der Waals surface area contributed by atoms with Crippen LogP contribution in [0.1, 0.15) is 51.4 Å². The summed E-state index contributed by atoms with van der Waals surface area (Å²) in [5, 5.41) is 3.86. The first-order valence-electron chi connectivity index (χ1n) is 12.9. The highest BCUT2D eigenvalue weighted by molar-refractivity contribution is 5.95. The van der Waals surface area contributed by atoms with Crippen LogP contribution in [0, 0.1) is 5.92 Å². The van der Waals surface area contributed by atoms with Gasteiger partial charge >= 0.3 is 5.97 Å². The number of benzene rings is 1. The molecule has 0 spiro atoms. The quantitative estimate of drug-likeness (QED) is 0.521. The number of hydrogen-bond acceptors (Lipinski definition) is 6. The molecular formula is C28H33N3O5. The number of para-hydroxylation sites is 1. The molecular weight excluding hydrogens is 458 g/mol. The Kier molecular flexibility index (Phi) is 6.94. The van der Waals surface area contributed by atoms with Crippen molar-refractivity contribution in [3.05, 3.63) is 48.7 Å². The van der Waals surface area contributed by atoms with Gasteiger partial charge in [-0.3, -0.25) is 14.6 Å². The van der Waals surface area contributed by atoms with E-state index in [1.165, 1.54) is 7.11 Å².